The van der Waals surface area contributed by atoms with Crippen molar-refractivity contribution in [1.82, 2.24) is 5.32 Å². The highest BCUT2D eigenvalue weighted by Crippen LogP contribution is 2.11. The quantitative estimate of drug-likeness (QED) is 0.792. The fourth-order valence-corrected chi connectivity index (χ4v) is 1.36. The molecule has 2 N–H and O–H groups in total. The topological polar surface area (TPSA) is 58.6 Å². The third-order valence-corrected chi connectivity index (χ3v) is 2.67. The number of amides is 1. The summed E-state index contributed by atoms with van der Waals surface area (Å²) in [4.78, 5) is 11.5. The van der Waals surface area contributed by atoms with Gasteiger partial charge in [-0.05, 0) is 18.1 Å². The van der Waals surface area contributed by atoms with Crippen LogP contribution in [0.1, 0.15) is 20.3 Å². The van der Waals surface area contributed by atoms with E-state index in [1.807, 2.05) is 13.8 Å². The number of benzene rings is 1. The lowest BCUT2D eigenvalue weighted by Crippen LogP contribution is -2.35. The van der Waals surface area contributed by atoms with Crippen molar-refractivity contribution in [3.05, 3.63) is 30.1 Å². The zero-order chi connectivity index (χ0) is 14.3. The lowest BCUT2D eigenvalue weighted by atomic mass is 10.1. The molecular formula is C14H20FNO3. The summed E-state index contributed by atoms with van der Waals surface area (Å²) in [6, 6.07) is 5.76. The first-order chi connectivity index (χ1) is 8.99. The second-order valence-corrected chi connectivity index (χ2v) is 4.67. The van der Waals surface area contributed by atoms with E-state index in [-0.39, 0.29) is 37.2 Å². The van der Waals surface area contributed by atoms with E-state index in [1.165, 1.54) is 12.1 Å². The predicted molar refractivity (Wildman–Crippen MR) is 70.4 cm³/mol. The van der Waals surface area contributed by atoms with Crippen LogP contribution < -0.4 is 10.1 Å². The number of hydrogen-bond acceptors (Lipinski definition) is 3. The van der Waals surface area contributed by atoms with Crippen LogP contribution in [0.4, 0.5) is 4.39 Å². The molecule has 0 saturated carbocycles. The Hall–Kier alpha value is -1.62. The molecule has 1 atom stereocenters. The number of hydrogen-bond donors (Lipinski definition) is 2. The van der Waals surface area contributed by atoms with Crippen LogP contribution in [0.15, 0.2) is 24.3 Å². The van der Waals surface area contributed by atoms with Crippen molar-refractivity contribution in [1.29, 1.82) is 0 Å². The first-order valence-electron chi connectivity index (χ1n) is 6.32. The molecule has 0 saturated heterocycles. The number of ether oxygens (including phenoxy) is 1. The zero-order valence-corrected chi connectivity index (χ0v) is 11.2. The van der Waals surface area contributed by atoms with Crippen molar-refractivity contribution >= 4 is 5.91 Å². The van der Waals surface area contributed by atoms with Crippen LogP contribution >= 0.6 is 0 Å². The Morgan fingerprint density at radius 1 is 1.47 bits per heavy atom. The van der Waals surface area contributed by atoms with E-state index in [0.29, 0.717) is 5.75 Å². The molecule has 1 unspecified atom stereocenters. The zero-order valence-electron chi connectivity index (χ0n) is 11.2. The fraction of sp³-hybridized carbons (Fsp3) is 0.500. The summed E-state index contributed by atoms with van der Waals surface area (Å²) in [6.07, 6.45) is -0.380. The molecule has 0 aliphatic carbocycles. The molecule has 1 aromatic rings. The van der Waals surface area contributed by atoms with Crippen molar-refractivity contribution in [2.75, 3.05) is 13.2 Å². The molecule has 1 aromatic carbocycles. The number of aliphatic hydroxyl groups excluding tert-OH is 1. The Morgan fingerprint density at radius 2 is 2.21 bits per heavy atom. The van der Waals surface area contributed by atoms with Gasteiger partial charge in [0, 0.05) is 12.6 Å². The summed E-state index contributed by atoms with van der Waals surface area (Å²) in [5.74, 6) is -0.0723. The average Bonchev–Trinajstić information content (AvgIpc) is 2.36. The number of aliphatic hydroxyl groups is 1. The Balaban J connectivity index is 2.20. The minimum absolute atomic E-state index is 0.101. The van der Waals surface area contributed by atoms with Gasteiger partial charge in [0.1, 0.15) is 11.6 Å². The minimum atomic E-state index is -0.548. The van der Waals surface area contributed by atoms with Gasteiger partial charge in [-0.2, -0.15) is 0 Å². The van der Waals surface area contributed by atoms with Crippen LogP contribution in [0.2, 0.25) is 0 Å². The number of nitrogens with one attached hydrogen (secondary N) is 1. The molecule has 0 aromatic heterocycles. The van der Waals surface area contributed by atoms with Gasteiger partial charge in [0.05, 0.1) is 19.1 Å². The molecule has 0 heterocycles. The Labute approximate surface area is 112 Å². The molecule has 0 bridgehead atoms. The van der Waals surface area contributed by atoms with Crippen LogP contribution in [-0.2, 0) is 4.79 Å². The first-order valence-corrected chi connectivity index (χ1v) is 6.32. The Bertz CT molecular complexity index is 409. The highest BCUT2D eigenvalue weighted by Gasteiger charge is 2.10. The molecule has 106 valence electrons. The number of rotatable bonds is 7. The van der Waals surface area contributed by atoms with Crippen LogP contribution in [0, 0.1) is 11.7 Å². The number of carbonyl (C=O) groups excluding carboxylic acids is 1. The molecule has 1 rings (SSSR count). The van der Waals surface area contributed by atoms with Crippen LogP contribution in [-0.4, -0.2) is 30.3 Å². The van der Waals surface area contributed by atoms with E-state index in [0.717, 1.165) is 0 Å². The van der Waals surface area contributed by atoms with Gasteiger partial charge in [-0.25, -0.2) is 4.39 Å². The second kappa shape index (κ2) is 7.74. The van der Waals surface area contributed by atoms with Crippen molar-refractivity contribution in [3.8, 4) is 5.75 Å². The standard InChI is InChI=1S/C14H20FNO3/c1-10(2)13(17)9-16-14(18)6-7-19-12-5-3-4-11(15)8-12/h3-5,8,10,13,17H,6-7,9H2,1-2H3,(H,16,18). The molecule has 1 amide bonds. The third-order valence-electron chi connectivity index (χ3n) is 2.67. The van der Waals surface area contributed by atoms with Crippen molar-refractivity contribution in [2.45, 2.75) is 26.4 Å². The molecule has 0 spiro atoms. The summed E-state index contributed by atoms with van der Waals surface area (Å²) >= 11 is 0. The van der Waals surface area contributed by atoms with Crippen LogP contribution in [0.25, 0.3) is 0 Å². The van der Waals surface area contributed by atoms with Gasteiger partial charge < -0.3 is 15.2 Å². The highest BCUT2D eigenvalue weighted by molar-refractivity contribution is 5.76. The first kappa shape index (κ1) is 15.4. The summed E-state index contributed by atoms with van der Waals surface area (Å²) < 4.78 is 18.1. The second-order valence-electron chi connectivity index (χ2n) is 4.67. The molecule has 0 fully saturated rings. The van der Waals surface area contributed by atoms with E-state index < -0.39 is 6.10 Å². The maximum atomic E-state index is 12.9. The summed E-state index contributed by atoms with van der Waals surface area (Å²) in [7, 11) is 0. The van der Waals surface area contributed by atoms with Crippen molar-refractivity contribution in [3.63, 3.8) is 0 Å². The monoisotopic (exact) mass is 269 g/mol. The van der Waals surface area contributed by atoms with Crippen molar-refractivity contribution in [2.24, 2.45) is 5.92 Å². The van der Waals surface area contributed by atoms with E-state index in [4.69, 9.17) is 4.74 Å². The summed E-state index contributed by atoms with van der Waals surface area (Å²) in [5, 5.41) is 12.1. The van der Waals surface area contributed by atoms with Gasteiger partial charge in [0.15, 0.2) is 0 Å². The van der Waals surface area contributed by atoms with Gasteiger partial charge in [0.25, 0.3) is 0 Å². The summed E-state index contributed by atoms with van der Waals surface area (Å²) in [5.41, 5.74) is 0. The lowest BCUT2D eigenvalue weighted by molar-refractivity contribution is -0.122. The molecule has 0 aliphatic rings. The van der Waals surface area contributed by atoms with E-state index >= 15 is 0 Å². The lowest BCUT2D eigenvalue weighted by Gasteiger charge is -2.15. The molecular weight excluding hydrogens is 249 g/mol. The SMILES string of the molecule is CC(C)C(O)CNC(=O)CCOc1cccc(F)c1. The smallest absolute Gasteiger partial charge is 0.223 e. The number of halogens is 1. The maximum absolute atomic E-state index is 12.9. The molecule has 0 radical (unpaired) electrons. The molecule has 5 heteroatoms. The van der Waals surface area contributed by atoms with Crippen LogP contribution in [0.5, 0.6) is 5.75 Å². The van der Waals surface area contributed by atoms with E-state index in [2.05, 4.69) is 5.32 Å². The minimum Gasteiger partial charge on any atom is -0.493 e. The summed E-state index contributed by atoms with van der Waals surface area (Å²) in [6.45, 7) is 4.16. The normalized spacial score (nSPS) is 12.3. The average molecular weight is 269 g/mol. The predicted octanol–water partition coefficient (Wildman–Crippen LogP) is 1.73. The van der Waals surface area contributed by atoms with Gasteiger partial charge in [-0.3, -0.25) is 4.79 Å². The van der Waals surface area contributed by atoms with E-state index in [9.17, 15) is 14.3 Å². The van der Waals surface area contributed by atoms with Crippen molar-refractivity contribution < 1.29 is 19.0 Å². The fourth-order valence-electron chi connectivity index (χ4n) is 1.36. The number of carbonyl (C=O) groups is 1. The molecule has 19 heavy (non-hydrogen) atoms. The van der Waals surface area contributed by atoms with E-state index in [1.54, 1.807) is 12.1 Å². The van der Waals surface area contributed by atoms with Crippen LogP contribution in [0.3, 0.4) is 0 Å². The van der Waals surface area contributed by atoms with Gasteiger partial charge >= 0.3 is 0 Å². The maximum Gasteiger partial charge on any atom is 0.223 e. The van der Waals surface area contributed by atoms with Gasteiger partial charge in [-0.15, -0.1) is 0 Å². The van der Waals surface area contributed by atoms with Gasteiger partial charge in [0.2, 0.25) is 5.91 Å². The third kappa shape index (κ3) is 6.20. The largest absolute Gasteiger partial charge is 0.493 e. The molecule has 0 aliphatic heterocycles. The van der Waals surface area contributed by atoms with Gasteiger partial charge in [-0.1, -0.05) is 19.9 Å². The Morgan fingerprint density at radius 3 is 2.84 bits per heavy atom. The highest BCUT2D eigenvalue weighted by atomic mass is 19.1. The Kier molecular flexibility index (Phi) is 6.29. The molecule has 4 nitrogen and oxygen atoms in total.